The highest BCUT2D eigenvalue weighted by atomic mass is 32.2. The summed E-state index contributed by atoms with van der Waals surface area (Å²) in [4.78, 5) is 257. The molecule has 5 aromatic rings. The molecule has 1 unspecified atom stereocenters. The normalized spacial score (nSPS) is 24.6. The molecule has 8 rings (SSSR count). The summed E-state index contributed by atoms with van der Waals surface area (Å²) in [6, 6.07) is -1.63. The summed E-state index contributed by atoms with van der Waals surface area (Å²) in [5.74, 6) is -17.8. The first kappa shape index (κ1) is 104. The second-order valence-electron chi connectivity index (χ2n) is 33.6. The third-order valence-electron chi connectivity index (χ3n) is 23.4. The molecule has 131 heavy (non-hydrogen) atoms. The Balaban J connectivity index is 1.18. The lowest BCUT2D eigenvalue weighted by molar-refractivity contribution is -0.149. The molecule has 3 aromatic carbocycles. The number of benzene rings is 3. The number of H-pyrrole nitrogens is 1. The van der Waals surface area contributed by atoms with Crippen molar-refractivity contribution in [3.05, 3.63) is 101 Å². The van der Waals surface area contributed by atoms with Crippen molar-refractivity contribution in [2.45, 2.75) is 228 Å². The average Bonchev–Trinajstić information content (AvgIpc) is 1.56. The van der Waals surface area contributed by atoms with Crippen LogP contribution in [0.1, 0.15) is 141 Å². The van der Waals surface area contributed by atoms with Gasteiger partial charge < -0.3 is 120 Å². The van der Waals surface area contributed by atoms with E-state index in [1.165, 1.54) is 68.6 Å². The number of nitrogens with two attached hydrogens (primary N) is 3. The van der Waals surface area contributed by atoms with Crippen molar-refractivity contribution in [1.82, 2.24) is 88.0 Å². The van der Waals surface area contributed by atoms with E-state index in [1.54, 1.807) is 55.8 Å². The Morgan fingerprint density at radius 1 is 0.527 bits per heavy atom. The van der Waals surface area contributed by atoms with E-state index in [-0.39, 0.29) is 108 Å². The van der Waals surface area contributed by atoms with Crippen molar-refractivity contribution in [1.29, 1.82) is 5.41 Å². The molecule has 0 radical (unpaired) electrons. The third kappa shape index (κ3) is 29.2. The Kier molecular flexibility index (Phi) is 39.7. The lowest BCUT2D eigenvalue weighted by atomic mass is 10.00. The largest absolute Gasteiger partial charge is 0.508 e. The zero-order chi connectivity index (χ0) is 96.0. The SMILES string of the molecule is CCCC[C@H]1C(=O)N(C)[C@@H](CCCC)C(=O)N[C@@H](CCCNC(=N)N)C(=O)NC(C(=O)NCC(N)=O)CSCC(=O)N[C@@H](Cc2ccc(O)cc2)C(=O)N(C)[C@@H](C)C(=O)N[C@@H](CC(N)=O)C(=O)N2CCC[C@H]2C(=O)N[C@@H](CO)C(=O)N[C@@H](CC(C)C)C(=O)N2CCC[C@H]2C(=O)N[C@@H](Cc2c[nH]c3ccccc23)C(=O)N[C@@H](CO)C(=O)N[C@@H](Cc2csc3ccccc23)C(=O)N1C. The Labute approximate surface area is 767 Å². The predicted molar refractivity (Wildman–Crippen MR) is 487 cm³/mol. The minimum Gasteiger partial charge on any atom is -0.508 e. The number of guanidine groups is 1. The van der Waals surface area contributed by atoms with Gasteiger partial charge >= 0.3 is 0 Å². The summed E-state index contributed by atoms with van der Waals surface area (Å²) in [6.07, 6.45) is 1.97. The number of nitrogens with zero attached hydrogens (tertiary/aromatic N) is 5. The van der Waals surface area contributed by atoms with E-state index < -0.39 is 229 Å². The number of thiophene rings is 1. The van der Waals surface area contributed by atoms with E-state index in [0.29, 0.717) is 53.3 Å². The number of fused-ring (bicyclic) bond motifs is 4. The number of aromatic nitrogens is 1. The van der Waals surface area contributed by atoms with Crippen molar-refractivity contribution in [2.24, 2.45) is 23.1 Å². The number of aromatic hydroxyl groups is 1. The number of amides is 17. The second-order valence-corrected chi connectivity index (χ2v) is 35.5. The second kappa shape index (κ2) is 50.0. The van der Waals surface area contributed by atoms with Crippen molar-refractivity contribution < 1.29 is 96.8 Å². The molecule has 41 nitrogen and oxygen atoms in total. The molecule has 3 aliphatic heterocycles. The molecule has 2 aromatic heterocycles. The number of phenolic OH excluding ortho intramolecular Hbond substituents is 1. The summed E-state index contributed by atoms with van der Waals surface area (Å²) in [5.41, 5.74) is 18.9. The Morgan fingerprint density at radius 2 is 1.05 bits per heavy atom. The van der Waals surface area contributed by atoms with Crippen molar-refractivity contribution in [2.75, 3.05) is 72.0 Å². The topological polar surface area (TPSA) is 617 Å². The summed E-state index contributed by atoms with van der Waals surface area (Å²) in [7, 11) is 3.92. The van der Waals surface area contributed by atoms with Gasteiger partial charge in [-0.15, -0.1) is 23.1 Å². The summed E-state index contributed by atoms with van der Waals surface area (Å²) in [5, 5.41) is 71.9. The molecule has 0 saturated carbocycles. The summed E-state index contributed by atoms with van der Waals surface area (Å²) < 4.78 is 0.822. The Hall–Kier alpha value is -12.5. The van der Waals surface area contributed by atoms with Gasteiger partial charge in [-0.1, -0.05) is 102 Å². The van der Waals surface area contributed by atoms with Gasteiger partial charge in [-0.3, -0.25) is 86.9 Å². The van der Waals surface area contributed by atoms with Crippen LogP contribution in [0.15, 0.2) is 84.4 Å². The number of aromatic amines is 1. The summed E-state index contributed by atoms with van der Waals surface area (Å²) in [6.45, 7) is 5.46. The minimum absolute atomic E-state index is 0.00736. The zero-order valence-corrected chi connectivity index (χ0v) is 76.6. The Bertz CT molecular complexity index is 4920. The van der Waals surface area contributed by atoms with E-state index in [4.69, 9.17) is 22.6 Å². The van der Waals surface area contributed by atoms with Gasteiger partial charge in [0.05, 0.1) is 31.9 Å². The fourth-order valence-electron chi connectivity index (χ4n) is 16.0. The van der Waals surface area contributed by atoms with Gasteiger partial charge in [0.1, 0.15) is 90.3 Å². The van der Waals surface area contributed by atoms with Crippen LogP contribution < -0.4 is 75.7 Å². The zero-order valence-electron chi connectivity index (χ0n) is 75.0. The average molecular weight is 1860 g/mol. The molecular weight excluding hydrogens is 1740 g/mol. The number of carbonyl (C=O) groups is 17. The van der Waals surface area contributed by atoms with E-state index in [9.17, 15) is 63.3 Å². The van der Waals surface area contributed by atoms with Gasteiger partial charge in [-0.05, 0) is 122 Å². The molecule has 17 amide bonds. The number of rotatable bonds is 25. The number of hydrogen-bond acceptors (Lipinski definition) is 23. The minimum atomic E-state index is -1.84. The van der Waals surface area contributed by atoms with E-state index >= 15 is 33.6 Å². The molecular formula is C88H125N21O20S2. The molecule has 5 heterocycles. The molecule has 0 bridgehead atoms. The van der Waals surface area contributed by atoms with Gasteiger partial charge in [0.2, 0.25) is 100 Å². The molecule has 0 spiro atoms. The van der Waals surface area contributed by atoms with Crippen molar-refractivity contribution >= 4 is 150 Å². The molecule has 3 fully saturated rings. The maximum absolute atomic E-state index is 15.7. The maximum Gasteiger partial charge on any atom is 0.246 e. The van der Waals surface area contributed by atoms with Crippen LogP contribution in [-0.2, 0) is 101 Å². The van der Waals surface area contributed by atoms with Gasteiger partial charge in [0.25, 0.3) is 0 Å². The third-order valence-corrected chi connectivity index (χ3v) is 25.4. The monoisotopic (exact) mass is 1860 g/mol. The standard InChI is InChI=1S/C88H125N21O20S2/c1-9-11-24-66-80(122)97-57(23-17-33-93-88(91)92)76(118)104-65(75(117)95-42-72(90)114)46-130-47-73(115)96-60(37-50-29-31-53(112)32-30-50)83(125)105(6)49(5)74(116)99-62(40-71(89)113)86(128)109-35-19-27-68(109)82(124)103-64(44-111)79(121)100-59(36-48(3)4)85(127)108-34-18-26-67(108)81(123)98-58(38-51-41-94-56-22-15-13-20-54(51)56)77(119)102-63(43-110)78(120)101-61(39-52-45-131-70-28-16-14-21-55(52)70)84(126)107(8)69(25-12-10-2)87(129)106(66)7/h13-16,20-22,28-32,41,45,48-49,57-69,94,110-112H,9-12,17-19,23-27,33-40,42-44,46-47H2,1-8H3,(H2,89,113)(H2,90,114)(H,95,117)(H,96,115)(H,97,122)(H,98,123)(H,99,116)(H,100,121)(H,101,120)(H,102,119)(H,103,124)(H,104,118)(H4,91,92,93)/t49-,57-,58-,59-,60-,61-,62-,63-,64-,65?,66-,67-,68-,69-/m0/s1. The number of aliphatic hydroxyl groups is 2. The maximum atomic E-state index is 15.7. The van der Waals surface area contributed by atoms with Gasteiger partial charge in [0, 0.05) is 87.6 Å². The highest BCUT2D eigenvalue weighted by molar-refractivity contribution is 8.00. The lowest BCUT2D eigenvalue weighted by Gasteiger charge is -2.36. The van der Waals surface area contributed by atoms with E-state index in [2.05, 4.69) is 63.5 Å². The van der Waals surface area contributed by atoms with Crippen LogP contribution in [-0.4, -0.2) is 308 Å². The molecule has 22 N–H and O–H groups in total. The number of phenols is 1. The first-order valence-electron chi connectivity index (χ1n) is 44.0. The lowest BCUT2D eigenvalue weighted by Crippen LogP contribution is -2.62. The fourth-order valence-corrected chi connectivity index (χ4v) is 17.9. The number of hydrogen-bond donors (Lipinski definition) is 19. The van der Waals surface area contributed by atoms with Crippen molar-refractivity contribution in [3.63, 3.8) is 0 Å². The number of primary amides is 2. The first-order valence-corrected chi connectivity index (χ1v) is 46.0. The van der Waals surface area contributed by atoms with Crippen LogP contribution in [0, 0.1) is 11.3 Å². The molecule has 43 heteroatoms. The predicted octanol–water partition coefficient (Wildman–Crippen LogP) is -2.14. The van der Waals surface area contributed by atoms with Crippen LogP contribution in [0.2, 0.25) is 0 Å². The van der Waals surface area contributed by atoms with Crippen LogP contribution >= 0.6 is 23.1 Å². The highest BCUT2D eigenvalue weighted by Crippen LogP contribution is 2.30. The highest BCUT2D eigenvalue weighted by Gasteiger charge is 2.45. The van der Waals surface area contributed by atoms with Gasteiger partial charge in [-0.2, -0.15) is 0 Å². The van der Waals surface area contributed by atoms with E-state index in [0.717, 1.165) is 41.4 Å². The Morgan fingerprint density at radius 3 is 1.65 bits per heavy atom. The van der Waals surface area contributed by atoms with Gasteiger partial charge in [-0.25, -0.2) is 0 Å². The molecule has 0 aliphatic carbocycles. The first-order chi connectivity index (χ1) is 62.4. The van der Waals surface area contributed by atoms with E-state index in [1.807, 2.05) is 32.0 Å². The number of aliphatic hydroxyl groups excluding tert-OH is 2. The van der Waals surface area contributed by atoms with Crippen molar-refractivity contribution in [3.8, 4) is 5.75 Å². The van der Waals surface area contributed by atoms with Crippen LogP contribution in [0.3, 0.4) is 0 Å². The van der Waals surface area contributed by atoms with Crippen LogP contribution in [0.25, 0.3) is 21.0 Å². The quantitative estimate of drug-likeness (QED) is 0.0168. The van der Waals surface area contributed by atoms with Crippen LogP contribution in [0.4, 0.5) is 0 Å². The number of carbonyl (C=O) groups excluding carboxylic acids is 17. The fraction of sp³-hybridized carbons (Fsp3) is 0.545. The molecule has 714 valence electrons. The molecule has 3 aliphatic rings. The molecule has 3 saturated heterocycles. The smallest absolute Gasteiger partial charge is 0.246 e. The summed E-state index contributed by atoms with van der Waals surface area (Å²) >= 11 is 2.12. The number of likely N-dealkylation sites (N-methyl/N-ethyl adjacent to an activating group) is 3. The molecule has 14 atom stereocenters. The number of nitrogens with one attached hydrogen (secondary N) is 13. The van der Waals surface area contributed by atoms with Crippen LogP contribution in [0.5, 0.6) is 5.75 Å². The number of thioether (sulfide) groups is 1. The number of unbranched alkanes of at least 4 members (excludes halogenated alkanes) is 2. The van der Waals surface area contributed by atoms with Gasteiger partial charge in [0.15, 0.2) is 5.96 Å². The number of para-hydroxylation sites is 1.